The second-order valence-corrected chi connectivity index (χ2v) is 5.89. The van der Waals surface area contributed by atoms with Crippen LogP contribution in [-0.2, 0) is 13.1 Å². The van der Waals surface area contributed by atoms with E-state index in [9.17, 15) is 0 Å². The topological polar surface area (TPSA) is 67.1 Å². The molecule has 7 heteroatoms. The van der Waals surface area contributed by atoms with Crippen LogP contribution in [0.25, 0.3) is 0 Å². The lowest BCUT2D eigenvalue weighted by Crippen LogP contribution is -2.38. The molecule has 0 fully saturated rings. The van der Waals surface area contributed by atoms with Crippen molar-refractivity contribution >= 4 is 29.9 Å². The molecule has 0 unspecified atom stereocenters. The number of nitrogens with one attached hydrogen (secondary N) is 2. The van der Waals surface area contributed by atoms with Crippen molar-refractivity contribution in [2.45, 2.75) is 47.2 Å². The Balaban J connectivity index is 0.00000312. The summed E-state index contributed by atoms with van der Waals surface area (Å²) in [5.74, 6) is 0.830. The second-order valence-electron chi connectivity index (χ2n) is 5.89. The average Bonchev–Trinajstić information content (AvgIpc) is 2.88. The fourth-order valence-electron chi connectivity index (χ4n) is 2.52. The van der Waals surface area contributed by atoms with Gasteiger partial charge in [-0.3, -0.25) is 9.67 Å². The van der Waals surface area contributed by atoms with Crippen molar-refractivity contribution in [3.05, 3.63) is 47.0 Å². The minimum Gasteiger partial charge on any atom is -0.357 e. The Morgan fingerprint density at radius 2 is 2.04 bits per heavy atom. The van der Waals surface area contributed by atoms with Gasteiger partial charge in [0.2, 0.25) is 0 Å². The summed E-state index contributed by atoms with van der Waals surface area (Å²) in [6, 6.07) is 6.12. The lowest BCUT2D eigenvalue weighted by molar-refractivity contribution is 0.555. The molecular weight excluding hydrogens is 427 g/mol. The Hall–Kier alpha value is -1.64. The van der Waals surface area contributed by atoms with Crippen molar-refractivity contribution in [1.82, 2.24) is 25.4 Å². The molecule has 2 aromatic rings. The number of aliphatic imine (C=N–C) groups is 1. The molecule has 0 bridgehead atoms. The molecule has 6 nitrogen and oxygen atoms in total. The van der Waals surface area contributed by atoms with Crippen LogP contribution in [0.4, 0.5) is 0 Å². The van der Waals surface area contributed by atoms with Crippen LogP contribution in [0.3, 0.4) is 0 Å². The second kappa shape index (κ2) is 11.1. The predicted octanol–water partition coefficient (Wildman–Crippen LogP) is 2.97. The first-order valence-corrected chi connectivity index (χ1v) is 8.54. The Kier molecular flexibility index (Phi) is 9.48. The molecule has 0 radical (unpaired) electrons. The van der Waals surface area contributed by atoms with Crippen molar-refractivity contribution in [3.8, 4) is 0 Å². The molecule has 0 aliphatic carbocycles. The summed E-state index contributed by atoms with van der Waals surface area (Å²) in [7, 11) is 0. The maximum absolute atomic E-state index is 4.62. The minimum absolute atomic E-state index is 0. The molecule has 0 atom stereocenters. The van der Waals surface area contributed by atoms with Gasteiger partial charge >= 0.3 is 0 Å². The van der Waals surface area contributed by atoms with Crippen LogP contribution in [0.5, 0.6) is 0 Å². The summed E-state index contributed by atoms with van der Waals surface area (Å²) in [5.41, 5.74) is 4.46. The molecule has 0 spiro atoms. The first-order valence-electron chi connectivity index (χ1n) is 8.54. The zero-order valence-corrected chi connectivity index (χ0v) is 17.9. The highest BCUT2D eigenvalue weighted by molar-refractivity contribution is 14.0. The third-order valence-corrected chi connectivity index (χ3v) is 3.79. The summed E-state index contributed by atoms with van der Waals surface area (Å²) < 4.78 is 2.05. The molecule has 0 aliphatic heterocycles. The fraction of sp³-hybridized carbons (Fsp3) is 0.500. The highest BCUT2D eigenvalue weighted by Crippen LogP contribution is 2.04. The van der Waals surface area contributed by atoms with Gasteiger partial charge in [-0.15, -0.1) is 24.0 Å². The van der Waals surface area contributed by atoms with Gasteiger partial charge in [0, 0.05) is 31.5 Å². The highest BCUT2D eigenvalue weighted by atomic mass is 127. The molecule has 2 aromatic heterocycles. The van der Waals surface area contributed by atoms with Crippen LogP contribution in [0.2, 0.25) is 0 Å². The number of aromatic nitrogens is 3. The maximum atomic E-state index is 4.62. The summed E-state index contributed by atoms with van der Waals surface area (Å²) in [4.78, 5) is 9.00. The van der Waals surface area contributed by atoms with Gasteiger partial charge in [0.15, 0.2) is 5.96 Å². The molecule has 0 saturated carbocycles. The number of guanidine groups is 1. The van der Waals surface area contributed by atoms with Crippen LogP contribution in [0.15, 0.2) is 29.4 Å². The van der Waals surface area contributed by atoms with E-state index >= 15 is 0 Å². The molecule has 2 heterocycles. The van der Waals surface area contributed by atoms with E-state index in [1.807, 2.05) is 19.2 Å². The minimum atomic E-state index is 0. The van der Waals surface area contributed by atoms with E-state index in [4.69, 9.17) is 0 Å². The van der Waals surface area contributed by atoms with E-state index in [1.54, 1.807) is 0 Å². The quantitative estimate of drug-likeness (QED) is 0.291. The van der Waals surface area contributed by atoms with Crippen molar-refractivity contribution in [2.24, 2.45) is 4.99 Å². The smallest absolute Gasteiger partial charge is 0.191 e. The molecule has 0 aliphatic rings. The van der Waals surface area contributed by atoms with Gasteiger partial charge in [-0.05, 0) is 51.8 Å². The van der Waals surface area contributed by atoms with E-state index in [-0.39, 0.29) is 24.0 Å². The van der Waals surface area contributed by atoms with Gasteiger partial charge in [0.25, 0.3) is 0 Å². The van der Waals surface area contributed by atoms with Crippen LogP contribution in [0.1, 0.15) is 36.0 Å². The van der Waals surface area contributed by atoms with Gasteiger partial charge in [-0.1, -0.05) is 6.07 Å². The van der Waals surface area contributed by atoms with E-state index in [0.717, 1.165) is 43.4 Å². The standard InChI is InChI=1S/C18H28N6.HI/c1-5-19-18(22-13-17-14(2)8-6-9-20-17)21-10-7-11-24-16(4)12-15(3)23-24;/h6,8-9,12H,5,7,10-11,13H2,1-4H3,(H2,19,21,22);1H. The largest absolute Gasteiger partial charge is 0.357 e. The molecule has 0 saturated heterocycles. The maximum Gasteiger partial charge on any atom is 0.191 e. The lowest BCUT2D eigenvalue weighted by atomic mass is 10.2. The molecule has 0 amide bonds. The Labute approximate surface area is 167 Å². The Morgan fingerprint density at radius 3 is 2.68 bits per heavy atom. The van der Waals surface area contributed by atoms with E-state index < -0.39 is 0 Å². The number of nitrogens with zero attached hydrogens (tertiary/aromatic N) is 4. The molecule has 138 valence electrons. The SMILES string of the molecule is CCNC(=NCc1ncccc1C)NCCCn1nc(C)cc1C.I. The zero-order chi connectivity index (χ0) is 17.4. The van der Waals surface area contributed by atoms with Crippen LogP contribution in [-0.4, -0.2) is 33.8 Å². The van der Waals surface area contributed by atoms with Gasteiger partial charge < -0.3 is 10.6 Å². The molecule has 25 heavy (non-hydrogen) atoms. The molecule has 2 N–H and O–H groups in total. The lowest BCUT2D eigenvalue weighted by Gasteiger charge is -2.12. The Bertz CT molecular complexity index is 680. The number of aryl methyl sites for hydroxylation is 4. The van der Waals surface area contributed by atoms with E-state index in [2.05, 4.69) is 63.3 Å². The fourth-order valence-corrected chi connectivity index (χ4v) is 2.52. The summed E-state index contributed by atoms with van der Waals surface area (Å²) in [5, 5.41) is 11.1. The van der Waals surface area contributed by atoms with Crippen molar-refractivity contribution < 1.29 is 0 Å². The monoisotopic (exact) mass is 456 g/mol. The van der Waals surface area contributed by atoms with Crippen molar-refractivity contribution in [2.75, 3.05) is 13.1 Å². The normalized spacial score (nSPS) is 11.1. The number of halogens is 1. The third kappa shape index (κ3) is 7.01. The molecular formula is C18H29IN6. The van der Waals surface area contributed by atoms with Crippen LogP contribution in [0, 0.1) is 20.8 Å². The number of hydrogen-bond acceptors (Lipinski definition) is 3. The highest BCUT2D eigenvalue weighted by Gasteiger charge is 2.02. The van der Waals surface area contributed by atoms with Crippen molar-refractivity contribution in [1.29, 1.82) is 0 Å². The Morgan fingerprint density at radius 1 is 1.24 bits per heavy atom. The van der Waals surface area contributed by atoms with Gasteiger partial charge in [-0.2, -0.15) is 5.10 Å². The van der Waals surface area contributed by atoms with E-state index in [0.29, 0.717) is 6.54 Å². The van der Waals surface area contributed by atoms with Crippen LogP contribution >= 0.6 is 24.0 Å². The van der Waals surface area contributed by atoms with Gasteiger partial charge in [0.05, 0.1) is 17.9 Å². The summed E-state index contributed by atoms with van der Waals surface area (Å²) in [6.07, 6.45) is 2.81. The van der Waals surface area contributed by atoms with Gasteiger partial charge in [-0.25, -0.2) is 4.99 Å². The van der Waals surface area contributed by atoms with E-state index in [1.165, 1.54) is 11.3 Å². The average molecular weight is 456 g/mol. The molecule has 2 rings (SSSR count). The first kappa shape index (κ1) is 21.4. The summed E-state index contributed by atoms with van der Waals surface area (Å²) in [6.45, 7) is 11.4. The molecule has 0 aromatic carbocycles. The van der Waals surface area contributed by atoms with Gasteiger partial charge in [0.1, 0.15) is 0 Å². The number of rotatable bonds is 7. The predicted molar refractivity (Wildman–Crippen MR) is 114 cm³/mol. The zero-order valence-electron chi connectivity index (χ0n) is 15.5. The third-order valence-electron chi connectivity index (χ3n) is 3.79. The number of pyridine rings is 1. The number of hydrogen-bond donors (Lipinski definition) is 2. The van der Waals surface area contributed by atoms with Crippen molar-refractivity contribution in [3.63, 3.8) is 0 Å². The first-order chi connectivity index (χ1) is 11.6. The van der Waals surface area contributed by atoms with Crippen LogP contribution < -0.4 is 10.6 Å². The summed E-state index contributed by atoms with van der Waals surface area (Å²) >= 11 is 0.